The van der Waals surface area contributed by atoms with Crippen molar-refractivity contribution in [1.82, 2.24) is 34.3 Å². The van der Waals surface area contributed by atoms with E-state index in [0.29, 0.717) is 73.8 Å². The smallest absolute Gasteiger partial charge is 0.381 e. The number of aromatic nitrogens is 4. The second-order valence-electron chi connectivity index (χ2n) is 19.4. The maximum atomic E-state index is 14.3. The Labute approximate surface area is 414 Å². The summed E-state index contributed by atoms with van der Waals surface area (Å²) >= 11 is 6.25. The zero-order valence-corrected chi connectivity index (χ0v) is 41.4. The fourth-order valence-corrected chi connectivity index (χ4v) is 12.0. The number of alkyl halides is 3. The highest BCUT2D eigenvalue weighted by atomic mass is 35.5. The van der Waals surface area contributed by atoms with Gasteiger partial charge in [-0.2, -0.15) is 13.2 Å². The molecule has 1 amide bonds. The third-order valence-corrected chi connectivity index (χ3v) is 17.1. The first-order chi connectivity index (χ1) is 33.8. The molecule has 3 saturated heterocycles. The van der Waals surface area contributed by atoms with Crippen molar-refractivity contribution in [2.75, 3.05) is 82.4 Å². The molecule has 376 valence electrons. The number of pyridine rings is 1. The number of piperazine rings is 1. The van der Waals surface area contributed by atoms with Crippen molar-refractivity contribution in [3.05, 3.63) is 107 Å². The van der Waals surface area contributed by atoms with E-state index in [1.807, 2.05) is 22.9 Å². The van der Waals surface area contributed by atoms with Crippen molar-refractivity contribution in [2.45, 2.75) is 60.6 Å². The number of morpholine rings is 1. The van der Waals surface area contributed by atoms with Crippen molar-refractivity contribution in [3.63, 3.8) is 0 Å². The molecule has 0 spiro atoms. The Hall–Kier alpha value is -5.55. The number of nitrogens with one attached hydrogen (secondary N) is 3. The molecule has 1 unspecified atom stereocenters. The quantitative estimate of drug-likeness (QED) is 0.105. The number of benzene rings is 3. The minimum atomic E-state index is -6.10. The third-order valence-electron chi connectivity index (χ3n) is 14.0. The van der Waals surface area contributed by atoms with Crippen LogP contribution < -0.4 is 14.9 Å². The zero-order valence-electron chi connectivity index (χ0n) is 39.0. The molecule has 6 heterocycles. The predicted octanol–water partition coefficient (Wildman–Crippen LogP) is 7.26. The summed E-state index contributed by atoms with van der Waals surface area (Å²) < 4.78 is 111. The maximum absolute atomic E-state index is 14.3. The number of amides is 1. The second kappa shape index (κ2) is 19.1. The summed E-state index contributed by atoms with van der Waals surface area (Å²) in [6.07, 6.45) is 5.81. The van der Waals surface area contributed by atoms with Crippen LogP contribution in [0.15, 0.2) is 101 Å². The Kier molecular flexibility index (Phi) is 13.2. The molecule has 0 bridgehead atoms. The number of H-pyrrole nitrogens is 1. The number of hydrogen-bond donors (Lipinski definition) is 3. The SMILES string of the molecule is CC1(C)CCC(CN2CCN(c3ccc(C(=O)NS(=O)(=O)c4ccc(NCC5CN(C6COC6)CCO5)c(S(=O)(=O)C(F)(F)F)c4)c(-n4[nH]cc5nc6nccc6cc54)c3)CC2)=C(c2ccc(Cl)cc2)C1. The molecular weight excluding hydrogens is 983 g/mol. The third kappa shape index (κ3) is 10.1. The summed E-state index contributed by atoms with van der Waals surface area (Å²) in [6, 6.07) is 19.1. The van der Waals surface area contributed by atoms with E-state index >= 15 is 0 Å². The normalized spacial score (nSPS) is 19.9. The van der Waals surface area contributed by atoms with Crippen molar-refractivity contribution in [3.8, 4) is 5.69 Å². The van der Waals surface area contributed by atoms with Crippen molar-refractivity contribution in [2.24, 2.45) is 5.41 Å². The molecule has 3 aliphatic heterocycles. The molecule has 1 aliphatic carbocycles. The number of sulfonamides is 1. The number of ether oxygens (including phenoxy) is 2. The van der Waals surface area contributed by atoms with Crippen LogP contribution in [0.5, 0.6) is 0 Å². The number of rotatable bonds is 13. The topological polar surface area (TPSA) is 184 Å². The largest absolute Gasteiger partial charge is 0.501 e. The van der Waals surface area contributed by atoms with Crippen LogP contribution in [0.4, 0.5) is 24.5 Å². The average Bonchev–Trinajstić information content (AvgIpc) is 3.96. The van der Waals surface area contributed by atoms with Gasteiger partial charge < -0.3 is 19.7 Å². The van der Waals surface area contributed by atoms with Crippen LogP contribution in [-0.2, 0) is 29.3 Å². The summed E-state index contributed by atoms with van der Waals surface area (Å²) in [5.41, 5.74) is 0.391. The lowest BCUT2D eigenvalue weighted by Crippen LogP contribution is -2.56. The molecule has 16 nitrogen and oxygen atoms in total. The first kappa shape index (κ1) is 49.0. The van der Waals surface area contributed by atoms with E-state index in [4.69, 9.17) is 21.1 Å². The van der Waals surface area contributed by atoms with Gasteiger partial charge in [0, 0.05) is 80.8 Å². The van der Waals surface area contributed by atoms with Crippen molar-refractivity contribution in [1.29, 1.82) is 0 Å². The molecule has 6 aromatic rings. The number of nitrogens with zero attached hydrogens (tertiary/aromatic N) is 6. The highest BCUT2D eigenvalue weighted by Gasteiger charge is 2.48. The maximum Gasteiger partial charge on any atom is 0.501 e. The van der Waals surface area contributed by atoms with Crippen LogP contribution in [0, 0.1) is 5.41 Å². The van der Waals surface area contributed by atoms with Gasteiger partial charge in [-0.15, -0.1) is 0 Å². The number of sulfone groups is 1. The number of fused-ring (bicyclic) bond motifs is 2. The Morgan fingerprint density at radius 1 is 0.958 bits per heavy atom. The Balaban J connectivity index is 0.918. The number of aromatic amines is 1. The molecule has 1 atom stereocenters. The summed E-state index contributed by atoms with van der Waals surface area (Å²) in [6.45, 7) is 10.7. The molecule has 3 aromatic heterocycles. The van der Waals surface area contributed by atoms with Gasteiger partial charge in [0.2, 0.25) is 0 Å². The Bertz CT molecular complexity index is 3260. The summed E-state index contributed by atoms with van der Waals surface area (Å²) in [7, 11) is -11.1. The molecule has 0 saturated carbocycles. The molecule has 3 aromatic carbocycles. The molecule has 0 radical (unpaired) electrons. The lowest BCUT2D eigenvalue weighted by atomic mass is 9.72. The zero-order chi connectivity index (χ0) is 49.9. The summed E-state index contributed by atoms with van der Waals surface area (Å²) in [4.78, 5) is 27.9. The molecule has 22 heteroatoms. The predicted molar refractivity (Wildman–Crippen MR) is 264 cm³/mol. The van der Waals surface area contributed by atoms with Crippen molar-refractivity contribution >= 4 is 76.4 Å². The van der Waals surface area contributed by atoms with E-state index in [-0.39, 0.29) is 29.3 Å². The van der Waals surface area contributed by atoms with E-state index in [2.05, 4.69) is 61.1 Å². The summed E-state index contributed by atoms with van der Waals surface area (Å²) in [5.74, 6) is -1.12. The molecule has 10 rings (SSSR count). The van der Waals surface area contributed by atoms with E-state index in [0.717, 1.165) is 62.1 Å². The standard InChI is InChI=1S/C49H53ClF3N9O7S2/c1-48(2)13-11-33(40(24-48)31-3-5-34(50)6-4-31)27-59-15-17-60(18-16-59)35-7-9-39(43(22-35)62-44-21-32-12-14-54-46(32)57-42(44)26-56-62)47(63)58-71(66,67)38-8-10-41(45(23-38)70(64,65)49(51,52)53)55-25-37-28-61(19-20-69-37)36-29-68-30-36/h3-10,12,14,21-23,26,36-37,55-56H,11,13,15-20,24-25,27-30H2,1-2H3,(H,58,63). The molecule has 4 aliphatic rings. The van der Waals surface area contributed by atoms with Gasteiger partial charge in [0.15, 0.2) is 5.65 Å². The number of carbonyl (C=O) groups excluding carboxylic acids is 1. The van der Waals surface area contributed by atoms with Crippen LogP contribution in [0.2, 0.25) is 5.02 Å². The van der Waals surface area contributed by atoms with E-state index in [1.165, 1.54) is 22.8 Å². The molecule has 3 N–H and O–H groups in total. The fourth-order valence-electron chi connectivity index (χ4n) is 9.86. The first-order valence-electron chi connectivity index (χ1n) is 23.4. The van der Waals surface area contributed by atoms with Crippen LogP contribution in [-0.4, -0.2) is 142 Å². The lowest BCUT2D eigenvalue weighted by Gasteiger charge is -2.42. The van der Waals surface area contributed by atoms with Gasteiger partial charge in [0.1, 0.15) is 10.4 Å². The van der Waals surface area contributed by atoms with E-state index in [1.54, 1.807) is 35.3 Å². The fraction of sp³-hybridized carbons (Fsp3) is 0.408. The van der Waals surface area contributed by atoms with E-state index in [9.17, 15) is 34.8 Å². The number of anilines is 2. The second-order valence-corrected chi connectivity index (χ2v) is 23.4. The van der Waals surface area contributed by atoms with Gasteiger partial charge >= 0.3 is 5.51 Å². The highest BCUT2D eigenvalue weighted by Crippen LogP contribution is 2.44. The molecular formula is C49H53ClF3N9O7S2. The van der Waals surface area contributed by atoms with Gasteiger partial charge in [0.25, 0.3) is 25.8 Å². The van der Waals surface area contributed by atoms with Crippen LogP contribution in [0.25, 0.3) is 33.3 Å². The van der Waals surface area contributed by atoms with Crippen LogP contribution >= 0.6 is 11.6 Å². The number of halogens is 4. The van der Waals surface area contributed by atoms with Gasteiger partial charge in [-0.05, 0) is 96.5 Å². The van der Waals surface area contributed by atoms with E-state index < -0.39 is 52.9 Å². The van der Waals surface area contributed by atoms with Crippen LogP contribution in [0.1, 0.15) is 49.0 Å². The van der Waals surface area contributed by atoms with Gasteiger partial charge in [-0.1, -0.05) is 43.2 Å². The van der Waals surface area contributed by atoms with Crippen molar-refractivity contribution < 1.29 is 44.3 Å². The number of allylic oxidation sites excluding steroid dienone is 1. The minimum absolute atomic E-state index is 0.0704. The van der Waals surface area contributed by atoms with Crippen LogP contribution in [0.3, 0.4) is 0 Å². The summed E-state index contributed by atoms with van der Waals surface area (Å²) in [5, 5.41) is 7.31. The average molecular weight is 1040 g/mol. The number of hydrogen-bond acceptors (Lipinski definition) is 13. The molecule has 3 fully saturated rings. The monoisotopic (exact) mass is 1040 g/mol. The lowest BCUT2D eigenvalue weighted by molar-refractivity contribution is -0.111. The van der Waals surface area contributed by atoms with Gasteiger partial charge in [0.05, 0.1) is 59.3 Å². The highest BCUT2D eigenvalue weighted by molar-refractivity contribution is 7.92. The minimum Gasteiger partial charge on any atom is -0.381 e. The first-order valence-corrected chi connectivity index (χ1v) is 26.8. The molecule has 71 heavy (non-hydrogen) atoms. The Morgan fingerprint density at radius 2 is 1.73 bits per heavy atom. The number of carbonyl (C=O) groups is 1. The van der Waals surface area contributed by atoms with Gasteiger partial charge in [-0.25, -0.2) is 31.5 Å². The van der Waals surface area contributed by atoms with Gasteiger partial charge in [-0.3, -0.25) is 24.4 Å². The Morgan fingerprint density at radius 3 is 2.46 bits per heavy atom.